The molecule has 0 amide bonds. The van der Waals surface area contributed by atoms with Gasteiger partial charge in [0.15, 0.2) is 0 Å². The standard InChI is InChI=1S/C40H46O2P2Si/c1-3-31-41-45(42-32-4-2)40-29-26-34(27-30-40)25-28-39(44(37-21-13-7-14-22-37)38-23-15-8-16-24-38)33-43(35-17-9-5-10-18-35)36-19-11-6-12-20-36/h5-24,26-27,29-30,39,45H,3-4,25,28,31-33H2,1-2H3. The molecule has 0 fully saturated rings. The van der Waals surface area contributed by atoms with Gasteiger partial charge < -0.3 is 8.85 Å². The fourth-order valence-corrected chi connectivity index (χ4v) is 13.6. The molecule has 0 aliphatic carbocycles. The molecule has 0 spiro atoms. The zero-order valence-electron chi connectivity index (χ0n) is 26.7. The highest BCUT2D eigenvalue weighted by Gasteiger charge is 2.29. The van der Waals surface area contributed by atoms with Crippen LogP contribution in [-0.2, 0) is 15.3 Å². The summed E-state index contributed by atoms with van der Waals surface area (Å²) in [5, 5.41) is 7.08. The van der Waals surface area contributed by atoms with E-state index in [0.29, 0.717) is 5.66 Å². The van der Waals surface area contributed by atoms with Crippen molar-refractivity contribution < 1.29 is 8.85 Å². The Morgan fingerprint density at radius 3 is 1.38 bits per heavy atom. The predicted molar refractivity (Wildman–Crippen MR) is 201 cm³/mol. The molecule has 5 aromatic carbocycles. The summed E-state index contributed by atoms with van der Waals surface area (Å²) < 4.78 is 12.4. The van der Waals surface area contributed by atoms with Crippen LogP contribution in [0.3, 0.4) is 0 Å². The number of aryl methyl sites for hydroxylation is 1. The van der Waals surface area contributed by atoms with E-state index in [1.165, 1.54) is 32.0 Å². The molecule has 2 nitrogen and oxygen atoms in total. The van der Waals surface area contributed by atoms with Crippen molar-refractivity contribution in [1.82, 2.24) is 0 Å². The van der Waals surface area contributed by atoms with Gasteiger partial charge in [0, 0.05) is 13.2 Å². The summed E-state index contributed by atoms with van der Waals surface area (Å²) in [4.78, 5) is 0. The van der Waals surface area contributed by atoms with Gasteiger partial charge in [-0.2, -0.15) is 0 Å². The van der Waals surface area contributed by atoms with Crippen LogP contribution in [0.1, 0.15) is 38.7 Å². The van der Waals surface area contributed by atoms with Gasteiger partial charge >= 0.3 is 9.28 Å². The van der Waals surface area contributed by atoms with Gasteiger partial charge in [-0.1, -0.05) is 159 Å². The predicted octanol–water partition coefficient (Wildman–Crippen LogP) is 7.53. The van der Waals surface area contributed by atoms with Crippen molar-refractivity contribution in [2.45, 2.75) is 45.2 Å². The average molecular weight is 649 g/mol. The highest BCUT2D eigenvalue weighted by atomic mass is 31.1. The molecule has 0 N–H and O–H groups in total. The van der Waals surface area contributed by atoms with E-state index in [1.807, 2.05) is 0 Å². The lowest BCUT2D eigenvalue weighted by Crippen LogP contribution is -2.37. The topological polar surface area (TPSA) is 18.5 Å². The van der Waals surface area contributed by atoms with Crippen molar-refractivity contribution >= 4 is 51.5 Å². The summed E-state index contributed by atoms with van der Waals surface area (Å²) in [5.74, 6) is 0. The zero-order valence-corrected chi connectivity index (χ0v) is 29.6. The Hall–Kier alpha value is -2.90. The molecule has 5 aromatic rings. The van der Waals surface area contributed by atoms with E-state index in [0.717, 1.165) is 45.1 Å². The van der Waals surface area contributed by atoms with Gasteiger partial charge in [-0.05, 0) is 85.3 Å². The lowest BCUT2D eigenvalue weighted by atomic mass is 10.1. The summed E-state index contributed by atoms with van der Waals surface area (Å²) in [6.45, 7) is 5.84. The third-order valence-corrected chi connectivity index (χ3v) is 15.8. The molecular weight excluding hydrogens is 602 g/mol. The van der Waals surface area contributed by atoms with Gasteiger partial charge in [0.25, 0.3) is 0 Å². The molecule has 0 saturated carbocycles. The summed E-state index contributed by atoms with van der Waals surface area (Å²) in [6, 6.07) is 54.1. The van der Waals surface area contributed by atoms with E-state index < -0.39 is 25.1 Å². The molecule has 232 valence electrons. The van der Waals surface area contributed by atoms with Crippen LogP contribution in [0.5, 0.6) is 0 Å². The molecule has 5 rings (SSSR count). The first-order chi connectivity index (χ1) is 22.3. The maximum atomic E-state index is 6.20. The van der Waals surface area contributed by atoms with E-state index in [9.17, 15) is 0 Å². The van der Waals surface area contributed by atoms with Crippen molar-refractivity contribution in [2.24, 2.45) is 0 Å². The quantitative estimate of drug-likeness (QED) is 0.0767. The molecule has 0 radical (unpaired) electrons. The van der Waals surface area contributed by atoms with Crippen LogP contribution in [-0.4, -0.2) is 34.3 Å². The molecule has 45 heavy (non-hydrogen) atoms. The lowest BCUT2D eigenvalue weighted by molar-refractivity contribution is 0.207. The molecule has 1 unspecified atom stereocenters. The van der Waals surface area contributed by atoms with Gasteiger partial charge in [-0.25, -0.2) is 0 Å². The van der Waals surface area contributed by atoms with Crippen LogP contribution in [0, 0.1) is 0 Å². The molecule has 0 aliphatic heterocycles. The first-order valence-electron chi connectivity index (χ1n) is 16.4. The third kappa shape index (κ3) is 9.79. The number of rotatable bonds is 17. The monoisotopic (exact) mass is 648 g/mol. The highest BCUT2D eigenvalue weighted by molar-refractivity contribution is 7.77. The smallest absolute Gasteiger partial charge is 0.355 e. The molecular formula is C40H46O2P2Si. The Kier molecular flexibility index (Phi) is 13.6. The molecule has 1 atom stereocenters. The minimum atomic E-state index is -1.87. The van der Waals surface area contributed by atoms with E-state index >= 15 is 0 Å². The van der Waals surface area contributed by atoms with Gasteiger partial charge in [0.1, 0.15) is 0 Å². The maximum Gasteiger partial charge on any atom is 0.355 e. The highest BCUT2D eigenvalue weighted by Crippen LogP contribution is 2.48. The molecule has 0 saturated heterocycles. The SMILES string of the molecule is CCCO[SiH](OCCC)c1ccc(CCC(CP(c2ccccc2)c2ccccc2)P(c2ccccc2)c2ccccc2)cc1. The Labute approximate surface area is 275 Å². The number of hydrogen-bond donors (Lipinski definition) is 0. The van der Waals surface area contributed by atoms with Crippen LogP contribution >= 0.6 is 15.8 Å². The Balaban J connectivity index is 1.47. The van der Waals surface area contributed by atoms with Crippen molar-refractivity contribution in [2.75, 3.05) is 19.4 Å². The minimum Gasteiger partial charge on any atom is -0.393 e. The van der Waals surface area contributed by atoms with Crippen molar-refractivity contribution in [3.05, 3.63) is 151 Å². The summed E-state index contributed by atoms with van der Waals surface area (Å²) in [6.07, 6.45) is 5.36. The Morgan fingerprint density at radius 2 is 0.956 bits per heavy atom. The molecule has 0 aromatic heterocycles. The fourth-order valence-electron chi connectivity index (χ4n) is 5.70. The van der Waals surface area contributed by atoms with Crippen LogP contribution in [0.15, 0.2) is 146 Å². The van der Waals surface area contributed by atoms with Gasteiger partial charge in [0.2, 0.25) is 0 Å². The normalized spacial score (nSPS) is 12.2. The third-order valence-electron chi connectivity index (χ3n) is 7.93. The molecule has 0 bridgehead atoms. The number of benzene rings is 5. The largest absolute Gasteiger partial charge is 0.393 e. The van der Waals surface area contributed by atoms with E-state index in [1.54, 1.807) is 0 Å². The first-order valence-corrected chi connectivity index (χ1v) is 20.8. The first kappa shape index (κ1) is 33.5. The lowest BCUT2D eigenvalue weighted by Gasteiger charge is -2.32. The summed E-state index contributed by atoms with van der Waals surface area (Å²) >= 11 is 0. The zero-order chi connectivity index (χ0) is 31.1. The molecule has 5 heteroatoms. The van der Waals surface area contributed by atoms with Crippen LogP contribution < -0.4 is 26.4 Å². The molecule has 0 aliphatic rings. The fraction of sp³-hybridized carbons (Fsp3) is 0.250. The van der Waals surface area contributed by atoms with Crippen molar-refractivity contribution in [3.8, 4) is 0 Å². The van der Waals surface area contributed by atoms with Crippen molar-refractivity contribution in [1.29, 1.82) is 0 Å². The second-order valence-corrected chi connectivity index (χ2v) is 18.1. The van der Waals surface area contributed by atoms with Gasteiger partial charge in [0.05, 0.1) is 0 Å². The second-order valence-electron chi connectivity index (χ2n) is 11.3. The van der Waals surface area contributed by atoms with Crippen LogP contribution in [0.25, 0.3) is 0 Å². The van der Waals surface area contributed by atoms with E-state index in [2.05, 4.69) is 159 Å². The van der Waals surface area contributed by atoms with Gasteiger partial charge in [-0.15, -0.1) is 0 Å². The summed E-state index contributed by atoms with van der Waals surface area (Å²) in [5.41, 5.74) is 1.90. The Bertz CT molecular complexity index is 1420. The average Bonchev–Trinajstić information content (AvgIpc) is 3.11. The second kappa shape index (κ2) is 18.3. The number of hydrogen-bond acceptors (Lipinski definition) is 2. The van der Waals surface area contributed by atoms with Gasteiger partial charge in [-0.3, -0.25) is 0 Å². The summed E-state index contributed by atoms with van der Waals surface area (Å²) in [7, 11) is -2.96. The Morgan fingerprint density at radius 1 is 0.533 bits per heavy atom. The van der Waals surface area contributed by atoms with Crippen LogP contribution in [0.4, 0.5) is 0 Å². The van der Waals surface area contributed by atoms with E-state index in [-0.39, 0.29) is 0 Å². The van der Waals surface area contributed by atoms with Crippen molar-refractivity contribution in [3.63, 3.8) is 0 Å². The van der Waals surface area contributed by atoms with Crippen LogP contribution in [0.2, 0.25) is 0 Å². The minimum absolute atomic E-state index is 0.513. The van der Waals surface area contributed by atoms with E-state index in [4.69, 9.17) is 8.85 Å². The maximum absolute atomic E-state index is 6.20. The molecule has 0 heterocycles.